The Morgan fingerprint density at radius 2 is 2.12 bits per heavy atom. The second kappa shape index (κ2) is 6.18. The number of halogens is 1. The van der Waals surface area contributed by atoms with Crippen molar-refractivity contribution in [2.45, 2.75) is 31.1 Å². The van der Waals surface area contributed by atoms with Gasteiger partial charge in [-0.15, -0.1) is 0 Å². The summed E-state index contributed by atoms with van der Waals surface area (Å²) in [5.41, 5.74) is 0. The minimum atomic E-state index is -3.43. The van der Waals surface area contributed by atoms with E-state index < -0.39 is 10.0 Å². The van der Waals surface area contributed by atoms with Crippen LogP contribution in [0, 0.1) is 0 Å². The van der Waals surface area contributed by atoms with Crippen molar-refractivity contribution < 1.29 is 8.42 Å². The highest BCUT2D eigenvalue weighted by Gasteiger charge is 2.12. The molecule has 16 heavy (non-hydrogen) atoms. The highest BCUT2D eigenvalue weighted by molar-refractivity contribution is 7.89. The molecule has 0 aliphatic heterocycles. The Hall–Kier alpha value is -0.650. The molecule has 0 saturated carbocycles. The molecule has 0 bridgehead atoms. The maximum absolute atomic E-state index is 11.7. The van der Waals surface area contributed by atoms with E-state index in [2.05, 4.69) is 16.6 Å². The maximum atomic E-state index is 11.7. The topological polar surface area (TPSA) is 59.1 Å². The van der Waals surface area contributed by atoms with Gasteiger partial charge >= 0.3 is 0 Å². The first kappa shape index (κ1) is 13.4. The Morgan fingerprint density at radius 1 is 1.38 bits per heavy atom. The number of unbranched alkanes of at least 4 members (excludes halogenated alkanes) is 2. The van der Waals surface area contributed by atoms with Crippen LogP contribution in [-0.2, 0) is 10.0 Å². The summed E-state index contributed by atoms with van der Waals surface area (Å²) in [6.07, 6.45) is 4.17. The average Bonchev–Trinajstić information content (AvgIpc) is 2.25. The summed E-state index contributed by atoms with van der Waals surface area (Å²) in [5.74, 6) is 0. The monoisotopic (exact) mass is 262 g/mol. The maximum Gasteiger partial charge on any atom is 0.242 e. The van der Waals surface area contributed by atoms with Crippen LogP contribution < -0.4 is 4.72 Å². The van der Waals surface area contributed by atoms with Crippen LogP contribution in [0.1, 0.15) is 26.2 Å². The number of hydrogen-bond acceptors (Lipinski definition) is 3. The molecule has 1 N–H and O–H groups in total. The van der Waals surface area contributed by atoms with Crippen molar-refractivity contribution in [3.63, 3.8) is 0 Å². The van der Waals surface area contributed by atoms with Gasteiger partial charge in [-0.2, -0.15) is 0 Å². The van der Waals surface area contributed by atoms with Crippen molar-refractivity contribution in [2.24, 2.45) is 0 Å². The lowest BCUT2D eigenvalue weighted by molar-refractivity contribution is 0.575. The predicted molar refractivity (Wildman–Crippen MR) is 64.0 cm³/mol. The van der Waals surface area contributed by atoms with E-state index in [1.165, 1.54) is 18.3 Å². The minimum absolute atomic E-state index is 0.147. The fourth-order valence-electron chi connectivity index (χ4n) is 1.19. The normalized spacial score (nSPS) is 11.6. The van der Waals surface area contributed by atoms with Crippen LogP contribution in [0.25, 0.3) is 0 Å². The number of aromatic nitrogens is 1. The number of nitrogens with one attached hydrogen (secondary N) is 1. The highest BCUT2D eigenvalue weighted by atomic mass is 35.5. The summed E-state index contributed by atoms with van der Waals surface area (Å²) in [7, 11) is -3.43. The molecule has 0 aliphatic rings. The molecule has 1 heterocycles. The number of hydrogen-bond donors (Lipinski definition) is 1. The van der Waals surface area contributed by atoms with E-state index in [4.69, 9.17) is 11.6 Å². The number of rotatable bonds is 6. The molecule has 1 aromatic rings. The second-order valence-electron chi connectivity index (χ2n) is 3.42. The quantitative estimate of drug-likeness (QED) is 0.632. The fourth-order valence-corrected chi connectivity index (χ4v) is 2.32. The molecule has 4 nitrogen and oxygen atoms in total. The van der Waals surface area contributed by atoms with Gasteiger partial charge < -0.3 is 0 Å². The molecule has 0 saturated heterocycles. The molecule has 0 unspecified atom stereocenters. The van der Waals surface area contributed by atoms with Crippen LogP contribution in [-0.4, -0.2) is 19.9 Å². The molecule has 1 rings (SSSR count). The van der Waals surface area contributed by atoms with Gasteiger partial charge in [0.15, 0.2) is 0 Å². The third-order valence-electron chi connectivity index (χ3n) is 2.08. The predicted octanol–water partition coefficient (Wildman–Crippen LogP) is 2.20. The molecule has 1 aromatic heterocycles. The molecule has 0 radical (unpaired) electrons. The molecule has 0 fully saturated rings. The largest absolute Gasteiger partial charge is 0.243 e. The van der Waals surface area contributed by atoms with Crippen LogP contribution in [0.5, 0.6) is 0 Å². The van der Waals surface area contributed by atoms with Crippen molar-refractivity contribution in [1.29, 1.82) is 0 Å². The van der Waals surface area contributed by atoms with E-state index in [1.807, 2.05) is 0 Å². The Kier molecular flexibility index (Phi) is 5.18. The molecule has 0 atom stereocenters. The molecule has 0 spiro atoms. The van der Waals surface area contributed by atoms with Gasteiger partial charge in [0.05, 0.1) is 0 Å². The van der Waals surface area contributed by atoms with E-state index in [0.717, 1.165) is 19.3 Å². The third kappa shape index (κ3) is 4.08. The van der Waals surface area contributed by atoms with Crippen LogP contribution in [0.4, 0.5) is 0 Å². The SMILES string of the molecule is CCCCCNS(=O)(=O)c1ccc(Cl)nc1. The van der Waals surface area contributed by atoms with Crippen LogP contribution in [0.15, 0.2) is 23.2 Å². The number of pyridine rings is 1. The average molecular weight is 263 g/mol. The summed E-state index contributed by atoms with van der Waals surface area (Å²) in [6, 6.07) is 2.90. The molecule has 0 aromatic carbocycles. The molecule has 0 aliphatic carbocycles. The van der Waals surface area contributed by atoms with E-state index in [0.29, 0.717) is 6.54 Å². The van der Waals surface area contributed by atoms with Gasteiger partial charge in [0.25, 0.3) is 0 Å². The van der Waals surface area contributed by atoms with Crippen molar-refractivity contribution in [3.8, 4) is 0 Å². The minimum Gasteiger partial charge on any atom is -0.243 e. The van der Waals surface area contributed by atoms with Crippen molar-refractivity contribution in [1.82, 2.24) is 9.71 Å². The number of sulfonamides is 1. The number of nitrogens with zero attached hydrogens (tertiary/aromatic N) is 1. The van der Waals surface area contributed by atoms with Crippen LogP contribution >= 0.6 is 11.6 Å². The van der Waals surface area contributed by atoms with Gasteiger partial charge in [-0.05, 0) is 18.6 Å². The van der Waals surface area contributed by atoms with Crippen molar-refractivity contribution in [2.75, 3.05) is 6.54 Å². The molecule has 0 amide bonds. The Labute approximate surface area is 101 Å². The van der Waals surface area contributed by atoms with E-state index in [-0.39, 0.29) is 10.0 Å². The van der Waals surface area contributed by atoms with Gasteiger partial charge in [-0.3, -0.25) is 0 Å². The van der Waals surface area contributed by atoms with E-state index >= 15 is 0 Å². The van der Waals surface area contributed by atoms with Gasteiger partial charge in [-0.25, -0.2) is 18.1 Å². The lowest BCUT2D eigenvalue weighted by Gasteiger charge is -2.05. The zero-order chi connectivity index (χ0) is 12.0. The second-order valence-corrected chi connectivity index (χ2v) is 5.58. The summed E-state index contributed by atoms with van der Waals surface area (Å²) in [6.45, 7) is 2.52. The van der Waals surface area contributed by atoms with Gasteiger partial charge in [0.1, 0.15) is 10.0 Å². The van der Waals surface area contributed by atoms with Gasteiger partial charge in [0, 0.05) is 12.7 Å². The molecule has 6 heteroatoms. The van der Waals surface area contributed by atoms with Crippen molar-refractivity contribution >= 4 is 21.6 Å². The zero-order valence-corrected chi connectivity index (χ0v) is 10.7. The van der Waals surface area contributed by atoms with Crippen LogP contribution in [0.3, 0.4) is 0 Å². The molecular formula is C10H15ClN2O2S. The lowest BCUT2D eigenvalue weighted by atomic mass is 10.3. The first-order chi connectivity index (χ1) is 7.56. The zero-order valence-electron chi connectivity index (χ0n) is 9.11. The Morgan fingerprint density at radius 3 is 2.69 bits per heavy atom. The first-order valence-electron chi connectivity index (χ1n) is 5.17. The van der Waals surface area contributed by atoms with E-state index in [1.54, 1.807) is 0 Å². The summed E-state index contributed by atoms with van der Waals surface area (Å²) >= 11 is 5.58. The fraction of sp³-hybridized carbons (Fsp3) is 0.500. The molecular weight excluding hydrogens is 248 g/mol. The standard InChI is InChI=1S/C10H15ClN2O2S/c1-2-3-4-7-13-16(14,15)9-5-6-10(11)12-8-9/h5-6,8,13H,2-4,7H2,1H3. The molecule has 90 valence electrons. The summed E-state index contributed by atoms with van der Waals surface area (Å²) < 4.78 is 25.9. The first-order valence-corrected chi connectivity index (χ1v) is 7.03. The summed E-state index contributed by atoms with van der Waals surface area (Å²) in [5, 5.41) is 0.282. The van der Waals surface area contributed by atoms with Gasteiger partial charge in [-0.1, -0.05) is 31.4 Å². The van der Waals surface area contributed by atoms with Gasteiger partial charge in [0.2, 0.25) is 10.0 Å². The van der Waals surface area contributed by atoms with E-state index in [9.17, 15) is 8.42 Å². The highest BCUT2D eigenvalue weighted by Crippen LogP contribution is 2.10. The Balaban J connectivity index is 2.60. The Bertz CT molecular complexity index is 417. The smallest absolute Gasteiger partial charge is 0.242 e. The third-order valence-corrected chi connectivity index (χ3v) is 3.75. The van der Waals surface area contributed by atoms with Crippen molar-refractivity contribution in [3.05, 3.63) is 23.5 Å². The summed E-state index contributed by atoms with van der Waals surface area (Å²) in [4.78, 5) is 3.88. The lowest BCUT2D eigenvalue weighted by Crippen LogP contribution is -2.24. The van der Waals surface area contributed by atoms with Crippen LogP contribution in [0.2, 0.25) is 5.15 Å².